The monoisotopic (exact) mass is 210 g/mol. The van der Waals surface area contributed by atoms with Crippen LogP contribution in [-0.2, 0) is 11.2 Å². The van der Waals surface area contributed by atoms with Crippen LogP contribution in [0.1, 0.15) is 18.4 Å². The average Bonchev–Trinajstić information content (AvgIpc) is 2.92. The molecular weight excluding hydrogens is 199 g/mol. The first-order valence-electron chi connectivity index (χ1n) is 4.74. The van der Waals surface area contributed by atoms with E-state index in [0.717, 1.165) is 6.07 Å². The molecule has 80 valence electrons. The highest BCUT2D eigenvalue weighted by atomic mass is 19.1. The van der Waals surface area contributed by atoms with Gasteiger partial charge in [-0.05, 0) is 43.0 Å². The van der Waals surface area contributed by atoms with Gasteiger partial charge in [0.25, 0.3) is 0 Å². The summed E-state index contributed by atoms with van der Waals surface area (Å²) >= 11 is 0. The zero-order chi connectivity index (χ0) is 11.1. The third kappa shape index (κ3) is 1.79. The van der Waals surface area contributed by atoms with Gasteiger partial charge in [-0.3, -0.25) is 4.79 Å². The molecule has 2 N–H and O–H groups in total. The van der Waals surface area contributed by atoms with Gasteiger partial charge in [0.15, 0.2) is 0 Å². The van der Waals surface area contributed by atoms with Crippen LogP contribution in [0.3, 0.4) is 0 Å². The molecule has 3 nitrogen and oxygen atoms in total. The molecule has 4 heteroatoms. The van der Waals surface area contributed by atoms with Crippen LogP contribution in [0.4, 0.5) is 4.39 Å². The molecule has 0 unspecified atom stereocenters. The van der Waals surface area contributed by atoms with E-state index in [-0.39, 0.29) is 12.2 Å². The van der Waals surface area contributed by atoms with Crippen molar-refractivity contribution < 1.29 is 19.4 Å². The number of halogens is 1. The van der Waals surface area contributed by atoms with Crippen LogP contribution in [0.2, 0.25) is 0 Å². The summed E-state index contributed by atoms with van der Waals surface area (Å²) in [5.41, 5.74) is -0.402. The maximum atomic E-state index is 12.9. The Labute approximate surface area is 86.2 Å². The average molecular weight is 210 g/mol. The minimum atomic E-state index is -0.869. The minimum Gasteiger partial charge on any atom is -0.508 e. The summed E-state index contributed by atoms with van der Waals surface area (Å²) in [5.74, 6) is -1.36. The Kier molecular flexibility index (Phi) is 2.14. The topological polar surface area (TPSA) is 57.5 Å². The number of phenolic OH excluding ortho intramolecular Hbond substituents is 1. The summed E-state index contributed by atoms with van der Waals surface area (Å²) in [6, 6.07) is 3.60. The lowest BCUT2D eigenvalue weighted by Gasteiger charge is -2.10. The molecule has 0 saturated heterocycles. The molecular formula is C11H11FO3. The molecule has 0 heterocycles. The summed E-state index contributed by atoms with van der Waals surface area (Å²) in [6.45, 7) is 0. The SMILES string of the molecule is O=C(O)C1(Cc2cc(F)ccc2O)CC1. The highest BCUT2D eigenvalue weighted by Crippen LogP contribution is 2.49. The molecule has 15 heavy (non-hydrogen) atoms. The van der Waals surface area contributed by atoms with Crippen molar-refractivity contribution in [3.05, 3.63) is 29.6 Å². The van der Waals surface area contributed by atoms with Crippen molar-refractivity contribution in [3.63, 3.8) is 0 Å². The highest BCUT2D eigenvalue weighted by Gasteiger charge is 2.50. The number of carboxylic acids is 1. The van der Waals surface area contributed by atoms with Crippen LogP contribution >= 0.6 is 0 Å². The van der Waals surface area contributed by atoms with Crippen molar-refractivity contribution in [2.45, 2.75) is 19.3 Å². The van der Waals surface area contributed by atoms with Crippen LogP contribution in [0, 0.1) is 11.2 Å². The van der Waals surface area contributed by atoms with Gasteiger partial charge in [0.1, 0.15) is 11.6 Å². The van der Waals surface area contributed by atoms with Gasteiger partial charge in [0.05, 0.1) is 5.41 Å². The van der Waals surface area contributed by atoms with Gasteiger partial charge in [-0.1, -0.05) is 0 Å². The van der Waals surface area contributed by atoms with Gasteiger partial charge in [0, 0.05) is 0 Å². The van der Waals surface area contributed by atoms with Gasteiger partial charge < -0.3 is 10.2 Å². The number of carboxylic acid groups (broad SMARTS) is 1. The summed E-state index contributed by atoms with van der Waals surface area (Å²) in [6.07, 6.45) is 1.39. The predicted molar refractivity (Wildman–Crippen MR) is 51.1 cm³/mol. The van der Waals surface area contributed by atoms with Crippen molar-refractivity contribution in [2.75, 3.05) is 0 Å². The molecule has 2 rings (SSSR count). The first-order chi connectivity index (χ1) is 7.03. The van der Waals surface area contributed by atoms with Gasteiger partial charge >= 0.3 is 5.97 Å². The molecule has 1 fully saturated rings. The summed E-state index contributed by atoms with van der Waals surface area (Å²) < 4.78 is 12.9. The molecule has 0 aliphatic heterocycles. The Balaban J connectivity index is 2.24. The van der Waals surface area contributed by atoms with Gasteiger partial charge in [-0.25, -0.2) is 4.39 Å². The number of phenols is 1. The maximum Gasteiger partial charge on any atom is 0.309 e. The standard InChI is InChI=1S/C11H11FO3/c12-8-1-2-9(13)7(5-8)6-11(3-4-11)10(14)15/h1-2,5,13H,3-4,6H2,(H,14,15). The van der Waals surface area contributed by atoms with Crippen molar-refractivity contribution in [2.24, 2.45) is 5.41 Å². The second-order valence-electron chi connectivity index (χ2n) is 4.04. The van der Waals surface area contributed by atoms with E-state index in [0.29, 0.717) is 18.4 Å². The normalized spacial score (nSPS) is 17.4. The van der Waals surface area contributed by atoms with E-state index in [1.165, 1.54) is 12.1 Å². The Morgan fingerprint density at radius 2 is 2.13 bits per heavy atom. The summed E-state index contributed by atoms with van der Waals surface area (Å²) in [5, 5.41) is 18.4. The number of rotatable bonds is 3. The molecule has 1 aromatic carbocycles. The molecule has 0 amide bonds. The van der Waals surface area contributed by atoms with Crippen LogP contribution in [-0.4, -0.2) is 16.2 Å². The first-order valence-corrected chi connectivity index (χ1v) is 4.74. The summed E-state index contributed by atoms with van der Waals surface area (Å²) in [4.78, 5) is 10.9. The molecule has 0 bridgehead atoms. The molecule has 1 aliphatic carbocycles. The Bertz CT molecular complexity index is 410. The Morgan fingerprint density at radius 1 is 1.47 bits per heavy atom. The lowest BCUT2D eigenvalue weighted by atomic mass is 9.96. The van der Waals surface area contributed by atoms with Crippen molar-refractivity contribution in [1.82, 2.24) is 0 Å². The third-order valence-electron chi connectivity index (χ3n) is 2.88. The Morgan fingerprint density at radius 3 is 2.67 bits per heavy atom. The fourth-order valence-electron chi connectivity index (χ4n) is 1.68. The maximum absolute atomic E-state index is 12.9. The number of hydrogen-bond donors (Lipinski definition) is 2. The van der Waals surface area contributed by atoms with E-state index >= 15 is 0 Å². The molecule has 0 radical (unpaired) electrons. The van der Waals surface area contributed by atoms with Gasteiger partial charge in [0.2, 0.25) is 0 Å². The predicted octanol–water partition coefficient (Wildman–Crippen LogP) is 1.94. The molecule has 0 aromatic heterocycles. The lowest BCUT2D eigenvalue weighted by molar-refractivity contribution is -0.143. The second-order valence-corrected chi connectivity index (χ2v) is 4.04. The van der Waals surface area contributed by atoms with E-state index in [1.54, 1.807) is 0 Å². The molecule has 1 aromatic rings. The smallest absolute Gasteiger partial charge is 0.309 e. The fourth-order valence-corrected chi connectivity index (χ4v) is 1.68. The van der Waals surface area contributed by atoms with E-state index in [9.17, 15) is 14.3 Å². The van der Waals surface area contributed by atoms with Crippen LogP contribution in [0.5, 0.6) is 5.75 Å². The van der Waals surface area contributed by atoms with Crippen molar-refractivity contribution >= 4 is 5.97 Å². The minimum absolute atomic E-state index is 0.0380. The third-order valence-corrected chi connectivity index (χ3v) is 2.88. The number of aromatic hydroxyl groups is 1. The Hall–Kier alpha value is -1.58. The molecule has 0 spiro atoms. The summed E-state index contributed by atoms with van der Waals surface area (Å²) in [7, 11) is 0. The zero-order valence-electron chi connectivity index (χ0n) is 8.03. The number of hydrogen-bond acceptors (Lipinski definition) is 2. The highest BCUT2D eigenvalue weighted by molar-refractivity contribution is 5.78. The second kappa shape index (κ2) is 3.22. The van der Waals surface area contributed by atoms with Gasteiger partial charge in [-0.2, -0.15) is 0 Å². The van der Waals surface area contributed by atoms with E-state index in [4.69, 9.17) is 5.11 Å². The van der Waals surface area contributed by atoms with Crippen molar-refractivity contribution in [1.29, 1.82) is 0 Å². The zero-order valence-corrected chi connectivity index (χ0v) is 8.03. The van der Waals surface area contributed by atoms with E-state index < -0.39 is 17.2 Å². The number of carbonyl (C=O) groups is 1. The fraction of sp³-hybridized carbons (Fsp3) is 0.364. The van der Waals surface area contributed by atoms with E-state index in [1.807, 2.05) is 0 Å². The first kappa shape index (κ1) is 9.96. The molecule has 0 atom stereocenters. The molecule has 1 aliphatic rings. The number of benzene rings is 1. The largest absolute Gasteiger partial charge is 0.508 e. The van der Waals surface area contributed by atoms with Crippen molar-refractivity contribution in [3.8, 4) is 5.75 Å². The van der Waals surface area contributed by atoms with Crippen LogP contribution in [0.15, 0.2) is 18.2 Å². The number of aliphatic carboxylic acids is 1. The van der Waals surface area contributed by atoms with Gasteiger partial charge in [-0.15, -0.1) is 0 Å². The van der Waals surface area contributed by atoms with Crippen LogP contribution in [0.25, 0.3) is 0 Å². The quantitative estimate of drug-likeness (QED) is 0.801. The van der Waals surface area contributed by atoms with E-state index in [2.05, 4.69) is 0 Å². The molecule has 1 saturated carbocycles. The van der Waals surface area contributed by atoms with Crippen LogP contribution < -0.4 is 0 Å². The lowest BCUT2D eigenvalue weighted by Crippen LogP contribution is -2.17.